The minimum Gasteiger partial charge on any atom is -0.460 e. The number of hydrogen-bond acceptors (Lipinski definition) is 9. The average Bonchev–Trinajstić information content (AvgIpc) is 3.55. The van der Waals surface area contributed by atoms with Crippen LogP contribution in [0.1, 0.15) is 129 Å². The molecule has 46 heavy (non-hydrogen) atoms. The number of epoxide rings is 1. The molecule has 6 aliphatic rings. The molecule has 0 aromatic rings. The highest BCUT2D eigenvalue weighted by Gasteiger charge is 2.87. The molecule has 9 heteroatoms. The summed E-state index contributed by atoms with van der Waals surface area (Å²) in [5.74, 6) is -1.32. The summed E-state index contributed by atoms with van der Waals surface area (Å²) in [6.45, 7) is 2.39. The smallest absolute Gasteiger partial charge is 0.350 e. The molecule has 258 valence electrons. The lowest BCUT2D eigenvalue weighted by Gasteiger charge is -2.39. The molecule has 6 rings (SSSR count). The summed E-state index contributed by atoms with van der Waals surface area (Å²) in [5, 5.41) is 25.4. The molecule has 4 aliphatic carbocycles. The van der Waals surface area contributed by atoms with Crippen molar-refractivity contribution in [2.45, 2.75) is 152 Å². The number of esters is 1. The Labute approximate surface area is 274 Å². The van der Waals surface area contributed by atoms with Crippen molar-refractivity contribution in [3.8, 4) is 0 Å². The number of allylic oxidation sites excluding steroid dienone is 1. The number of fused-ring (bicyclic) bond motifs is 2. The van der Waals surface area contributed by atoms with Gasteiger partial charge in [0.05, 0.1) is 18.9 Å². The van der Waals surface area contributed by atoms with Gasteiger partial charge < -0.3 is 30.7 Å². The van der Waals surface area contributed by atoms with Gasteiger partial charge in [0, 0.05) is 18.3 Å². The van der Waals surface area contributed by atoms with Gasteiger partial charge in [-0.2, -0.15) is 0 Å². The monoisotopic (exact) mass is 642 g/mol. The van der Waals surface area contributed by atoms with Crippen molar-refractivity contribution in [1.29, 1.82) is 0 Å². The third-order valence-electron chi connectivity index (χ3n) is 13.2. The maximum absolute atomic E-state index is 14.3. The number of rotatable bonds is 12. The van der Waals surface area contributed by atoms with Gasteiger partial charge in [-0.3, -0.25) is 9.59 Å². The van der Waals surface area contributed by atoms with Crippen molar-refractivity contribution in [1.82, 2.24) is 5.32 Å². The third-order valence-corrected chi connectivity index (χ3v) is 13.2. The number of Topliss-reactive ketones (excluding diaryl/α,β-unsaturated/α-hetero) is 2. The van der Waals surface area contributed by atoms with E-state index in [4.69, 9.17) is 15.2 Å². The lowest BCUT2D eigenvalue weighted by molar-refractivity contribution is -0.163. The second kappa shape index (κ2) is 14.1. The first-order chi connectivity index (χ1) is 22.2. The van der Waals surface area contributed by atoms with E-state index in [0.717, 1.165) is 82.7 Å². The summed E-state index contributed by atoms with van der Waals surface area (Å²) in [5.41, 5.74) is 3.82. The summed E-state index contributed by atoms with van der Waals surface area (Å²) >= 11 is 0. The summed E-state index contributed by atoms with van der Waals surface area (Å²) < 4.78 is 12.1. The number of ether oxygens (including phenoxy) is 2. The van der Waals surface area contributed by atoms with Crippen LogP contribution in [0.3, 0.4) is 0 Å². The maximum Gasteiger partial charge on any atom is 0.350 e. The Morgan fingerprint density at radius 2 is 1.65 bits per heavy atom. The van der Waals surface area contributed by atoms with E-state index in [1.54, 1.807) is 0 Å². The zero-order valence-corrected chi connectivity index (χ0v) is 28.0. The van der Waals surface area contributed by atoms with Crippen molar-refractivity contribution in [2.75, 3.05) is 19.8 Å². The van der Waals surface area contributed by atoms with Crippen LogP contribution in [0.4, 0.5) is 0 Å². The number of nitrogens with two attached hydrogens (primary N) is 1. The normalized spacial score (nSPS) is 37.2. The molecule has 0 bridgehead atoms. The highest BCUT2D eigenvalue weighted by molar-refractivity contribution is 6.23. The predicted molar refractivity (Wildman–Crippen MR) is 173 cm³/mol. The van der Waals surface area contributed by atoms with Gasteiger partial charge in [0.1, 0.15) is 6.61 Å². The lowest BCUT2D eigenvalue weighted by atomic mass is 9.60. The molecule has 0 radical (unpaired) electrons. The van der Waals surface area contributed by atoms with Crippen molar-refractivity contribution in [2.24, 2.45) is 34.8 Å². The fourth-order valence-electron chi connectivity index (χ4n) is 10.3. The molecule has 7 atom stereocenters. The van der Waals surface area contributed by atoms with E-state index < -0.39 is 35.1 Å². The van der Waals surface area contributed by atoms with Gasteiger partial charge in [-0.25, -0.2) is 4.79 Å². The molecule has 5 N–H and O–H groups in total. The fraction of sp³-hybridized carbons (Fsp3) is 0.865. The molecule has 2 heterocycles. The highest BCUT2D eigenvalue weighted by atomic mass is 16.7. The van der Waals surface area contributed by atoms with E-state index in [2.05, 4.69) is 5.32 Å². The van der Waals surface area contributed by atoms with Gasteiger partial charge in [-0.05, 0) is 94.1 Å². The third kappa shape index (κ3) is 6.28. The van der Waals surface area contributed by atoms with Gasteiger partial charge in [0.25, 0.3) is 5.60 Å². The molecule has 0 spiro atoms. The SMILES string of the molecule is CC(CCC1CCNC(N)C1)=C(CO)C[C@@]12O[C@]1(C(=O)OC[C@H](O)C1(CC3CCCCC3)CCCC1)C(=O)C1CCCCC1C2=O. The first-order valence-electron chi connectivity index (χ1n) is 18.6. The summed E-state index contributed by atoms with van der Waals surface area (Å²) in [7, 11) is 0. The molecular formula is C37H58N2O7. The Morgan fingerprint density at radius 1 is 0.978 bits per heavy atom. The van der Waals surface area contributed by atoms with Crippen molar-refractivity contribution in [3.05, 3.63) is 11.1 Å². The standard InChI is InChI=1S/C37H58N2O7/c1-24(13-14-25-15-18-39-31(38)19-25)27(22-40)21-36-32(42)28-11-5-6-12-29(28)33(43)37(36,46-36)34(44)45-23-30(41)35(16-7-8-17-35)20-26-9-3-2-4-10-26/h25-26,28-31,39-41H,2-23,38H2,1H3/t25?,28?,29?,30-,31?,36-,37-/m0/s1. The molecule has 0 aromatic heterocycles. The van der Waals surface area contributed by atoms with E-state index >= 15 is 0 Å². The molecule has 4 unspecified atom stereocenters. The van der Waals surface area contributed by atoms with Crippen molar-refractivity contribution >= 4 is 17.5 Å². The first-order valence-corrected chi connectivity index (χ1v) is 18.6. The van der Waals surface area contributed by atoms with Crippen LogP contribution < -0.4 is 11.1 Å². The number of carbonyl (C=O) groups excluding carboxylic acids is 3. The van der Waals surface area contributed by atoms with Gasteiger partial charge in [0.2, 0.25) is 0 Å². The van der Waals surface area contributed by atoms with Crippen molar-refractivity contribution in [3.63, 3.8) is 0 Å². The van der Waals surface area contributed by atoms with Crippen LogP contribution in [-0.4, -0.2) is 71.0 Å². The second-order valence-electron chi connectivity index (χ2n) is 15.9. The molecule has 0 amide bonds. The van der Waals surface area contributed by atoms with Crippen LogP contribution in [0.15, 0.2) is 11.1 Å². The summed E-state index contributed by atoms with van der Waals surface area (Å²) in [6, 6.07) is 0. The zero-order chi connectivity index (χ0) is 32.5. The Balaban J connectivity index is 1.19. The fourth-order valence-corrected chi connectivity index (χ4v) is 10.3. The van der Waals surface area contributed by atoms with E-state index in [9.17, 15) is 24.6 Å². The van der Waals surface area contributed by atoms with Crippen LogP contribution in [-0.2, 0) is 23.9 Å². The topological polar surface area (TPSA) is 151 Å². The number of nitrogens with one attached hydrogen (secondary N) is 1. The van der Waals surface area contributed by atoms with E-state index in [-0.39, 0.29) is 42.8 Å². The Morgan fingerprint density at radius 3 is 2.33 bits per heavy atom. The summed E-state index contributed by atoms with van der Waals surface area (Å²) in [6.07, 6.45) is 16.7. The molecule has 2 saturated heterocycles. The van der Waals surface area contributed by atoms with E-state index in [0.29, 0.717) is 30.3 Å². The van der Waals surface area contributed by atoms with Crippen LogP contribution in [0.25, 0.3) is 0 Å². The number of aliphatic hydroxyl groups excluding tert-OH is 2. The quantitative estimate of drug-likeness (QED) is 0.103. The van der Waals surface area contributed by atoms with Gasteiger partial charge in [-0.1, -0.05) is 63.4 Å². The first kappa shape index (κ1) is 34.2. The minimum absolute atomic E-state index is 0.00522. The molecular weight excluding hydrogens is 584 g/mol. The molecule has 6 fully saturated rings. The predicted octanol–water partition coefficient (Wildman–Crippen LogP) is 4.65. The van der Waals surface area contributed by atoms with Gasteiger partial charge >= 0.3 is 5.97 Å². The van der Waals surface area contributed by atoms with Gasteiger partial charge in [0.15, 0.2) is 17.2 Å². The molecule has 4 saturated carbocycles. The zero-order valence-electron chi connectivity index (χ0n) is 28.0. The highest BCUT2D eigenvalue weighted by Crippen LogP contribution is 2.62. The maximum atomic E-state index is 14.3. The Bertz CT molecular complexity index is 1170. The van der Waals surface area contributed by atoms with E-state index in [1.165, 1.54) is 32.1 Å². The van der Waals surface area contributed by atoms with Gasteiger partial charge in [-0.15, -0.1) is 0 Å². The minimum atomic E-state index is -1.99. The largest absolute Gasteiger partial charge is 0.460 e. The Kier molecular flexibility index (Phi) is 10.5. The molecule has 9 nitrogen and oxygen atoms in total. The van der Waals surface area contributed by atoms with Crippen LogP contribution in [0.5, 0.6) is 0 Å². The molecule has 0 aromatic carbocycles. The summed E-state index contributed by atoms with van der Waals surface area (Å²) in [4.78, 5) is 42.5. The molecule has 2 aliphatic heterocycles. The van der Waals surface area contributed by atoms with Crippen molar-refractivity contribution < 1.29 is 34.1 Å². The number of piperidine rings is 1. The number of aliphatic hydroxyl groups is 2. The number of ketones is 2. The number of carbonyl (C=O) groups is 3. The van der Waals surface area contributed by atoms with Crippen LogP contribution in [0.2, 0.25) is 0 Å². The lowest BCUT2D eigenvalue weighted by Crippen LogP contribution is -2.58. The number of hydrogen-bond donors (Lipinski definition) is 4. The average molecular weight is 643 g/mol. The van der Waals surface area contributed by atoms with E-state index in [1.807, 2.05) is 6.92 Å². The van der Waals surface area contributed by atoms with Crippen LogP contribution in [0, 0.1) is 29.1 Å². The Hall–Kier alpha value is -1.65. The second-order valence-corrected chi connectivity index (χ2v) is 15.9. The van der Waals surface area contributed by atoms with Crippen LogP contribution >= 0.6 is 0 Å².